The van der Waals surface area contributed by atoms with Gasteiger partial charge in [0, 0.05) is 31.3 Å². The molecule has 6 rings (SSSR count). The molecule has 0 radical (unpaired) electrons. The predicted molar refractivity (Wildman–Crippen MR) is 99.1 cm³/mol. The number of aliphatic hydroxyl groups is 1. The van der Waals surface area contributed by atoms with Gasteiger partial charge in [-0.1, -0.05) is 12.2 Å². The molecule has 0 aromatic carbocycles. The van der Waals surface area contributed by atoms with E-state index in [1.54, 1.807) is 13.3 Å². The van der Waals surface area contributed by atoms with Gasteiger partial charge in [-0.15, -0.1) is 0 Å². The van der Waals surface area contributed by atoms with Crippen molar-refractivity contribution in [1.82, 2.24) is 4.98 Å². The van der Waals surface area contributed by atoms with Crippen LogP contribution in [0, 0.1) is 17.8 Å². The number of Topliss-reactive ketones (excluding diaryl/α,β-unsaturated/α-hetero) is 1. The van der Waals surface area contributed by atoms with Crippen LogP contribution in [0.2, 0.25) is 0 Å². The van der Waals surface area contributed by atoms with Gasteiger partial charge in [0.25, 0.3) is 0 Å². The van der Waals surface area contributed by atoms with Crippen LogP contribution in [0.15, 0.2) is 12.3 Å². The molecule has 4 saturated carbocycles. The molecule has 1 aromatic rings. The number of carbonyl (C=O) groups excluding carboxylic acids is 1. The standard InChI is InChI=1S/C21H26N2O3/c1-26-11-18(24)16-10-22-17-4-2-3-15(17)20(16)23-19-13-5-12-6-14(19)9-21(25,7-12)8-13/h2-3,10,12-14,19,25H,4-9,11H2,1H3,(H,22,23)/t12?,13-,14+,19?,21?. The summed E-state index contributed by atoms with van der Waals surface area (Å²) >= 11 is 0. The highest BCUT2D eigenvalue weighted by Crippen LogP contribution is 2.56. The highest BCUT2D eigenvalue weighted by atomic mass is 16.5. The van der Waals surface area contributed by atoms with Gasteiger partial charge in [-0.3, -0.25) is 9.78 Å². The van der Waals surface area contributed by atoms with Crippen LogP contribution >= 0.6 is 0 Å². The minimum Gasteiger partial charge on any atom is -0.390 e. The van der Waals surface area contributed by atoms with Crippen LogP contribution in [0.5, 0.6) is 0 Å². The Labute approximate surface area is 153 Å². The number of allylic oxidation sites excluding steroid dienone is 1. The predicted octanol–water partition coefficient (Wildman–Crippen LogP) is 2.83. The quantitative estimate of drug-likeness (QED) is 0.796. The third-order valence-electron chi connectivity index (χ3n) is 6.92. The second kappa shape index (κ2) is 5.89. The largest absolute Gasteiger partial charge is 0.390 e. The van der Waals surface area contributed by atoms with Gasteiger partial charge >= 0.3 is 0 Å². The Hall–Kier alpha value is -1.72. The molecular formula is C21H26N2O3. The van der Waals surface area contributed by atoms with E-state index in [1.807, 2.05) is 0 Å². The molecule has 5 nitrogen and oxygen atoms in total. The average Bonchev–Trinajstić information content (AvgIpc) is 3.05. The summed E-state index contributed by atoms with van der Waals surface area (Å²) < 4.78 is 5.07. The fourth-order valence-corrected chi connectivity index (χ4v) is 6.16. The molecule has 4 bridgehead atoms. The summed E-state index contributed by atoms with van der Waals surface area (Å²) in [4.78, 5) is 17.1. The van der Waals surface area contributed by atoms with Crippen molar-refractivity contribution < 1.29 is 14.6 Å². The molecular weight excluding hydrogens is 328 g/mol. The topological polar surface area (TPSA) is 71.5 Å². The summed E-state index contributed by atoms with van der Waals surface area (Å²) in [6.45, 7) is 0.0677. The third kappa shape index (κ3) is 2.52. The van der Waals surface area contributed by atoms with Gasteiger partial charge in [0.05, 0.1) is 22.5 Å². The number of ketones is 1. The molecule has 5 heteroatoms. The lowest BCUT2D eigenvalue weighted by atomic mass is 9.52. The van der Waals surface area contributed by atoms with Gasteiger partial charge in [0.15, 0.2) is 5.78 Å². The maximum absolute atomic E-state index is 12.6. The van der Waals surface area contributed by atoms with Crippen LogP contribution in [0.25, 0.3) is 6.08 Å². The molecule has 0 spiro atoms. The minimum absolute atomic E-state index is 0.0342. The van der Waals surface area contributed by atoms with Crippen molar-refractivity contribution in [2.75, 3.05) is 19.0 Å². The Morgan fingerprint density at radius 1 is 1.35 bits per heavy atom. The van der Waals surface area contributed by atoms with Crippen molar-refractivity contribution in [3.63, 3.8) is 0 Å². The van der Waals surface area contributed by atoms with Crippen molar-refractivity contribution in [3.05, 3.63) is 29.1 Å². The van der Waals surface area contributed by atoms with Gasteiger partial charge in [-0.05, 0) is 49.9 Å². The van der Waals surface area contributed by atoms with Gasteiger partial charge in [-0.2, -0.15) is 0 Å². The third-order valence-corrected chi connectivity index (χ3v) is 6.92. The van der Waals surface area contributed by atoms with E-state index in [0.29, 0.717) is 29.4 Å². The lowest BCUT2D eigenvalue weighted by Crippen LogP contribution is -2.59. The number of anilines is 1. The maximum atomic E-state index is 12.6. The SMILES string of the molecule is COCC(=O)c1cnc2c(c1NC1[C@@H]3CC4C[C@H]1CC(O)(C4)C3)C=CC2. The Kier molecular flexibility index (Phi) is 3.73. The first-order chi connectivity index (χ1) is 12.6. The summed E-state index contributed by atoms with van der Waals surface area (Å²) in [7, 11) is 1.55. The molecule has 0 aliphatic heterocycles. The van der Waals surface area contributed by atoms with Crippen LogP contribution in [-0.2, 0) is 11.2 Å². The molecule has 1 heterocycles. The summed E-state index contributed by atoms with van der Waals surface area (Å²) in [5.41, 5.74) is 3.20. The van der Waals surface area contributed by atoms with Crippen LogP contribution in [-0.4, -0.2) is 41.2 Å². The van der Waals surface area contributed by atoms with Crippen molar-refractivity contribution in [2.24, 2.45) is 17.8 Å². The van der Waals surface area contributed by atoms with E-state index in [1.165, 1.54) is 12.8 Å². The molecule has 4 fully saturated rings. The van der Waals surface area contributed by atoms with Crippen LogP contribution in [0.1, 0.15) is 53.7 Å². The fraction of sp³-hybridized carbons (Fsp3) is 0.619. The van der Waals surface area contributed by atoms with Crippen molar-refractivity contribution in [1.29, 1.82) is 0 Å². The van der Waals surface area contributed by atoms with Crippen LogP contribution in [0.4, 0.5) is 5.69 Å². The lowest BCUT2D eigenvalue weighted by molar-refractivity contribution is -0.129. The Morgan fingerprint density at radius 3 is 2.81 bits per heavy atom. The number of ether oxygens (including phenoxy) is 1. The number of carbonyl (C=O) groups is 1. The highest BCUT2D eigenvalue weighted by molar-refractivity contribution is 6.03. The molecule has 0 saturated heterocycles. The molecule has 5 aliphatic carbocycles. The first-order valence-corrected chi connectivity index (χ1v) is 9.76. The molecule has 0 amide bonds. The average molecular weight is 354 g/mol. The Bertz CT molecular complexity index is 772. The van der Waals surface area contributed by atoms with Gasteiger partial charge in [0.1, 0.15) is 6.61 Å². The number of methoxy groups -OCH3 is 1. The van der Waals surface area contributed by atoms with E-state index >= 15 is 0 Å². The zero-order valence-corrected chi connectivity index (χ0v) is 15.2. The molecule has 5 atom stereocenters. The summed E-state index contributed by atoms with van der Waals surface area (Å²) in [5.74, 6) is 1.62. The lowest BCUT2D eigenvalue weighted by Gasteiger charge is -2.58. The number of nitrogens with zero attached hydrogens (tertiary/aromatic N) is 1. The van der Waals surface area contributed by atoms with Gasteiger partial charge in [0.2, 0.25) is 0 Å². The van der Waals surface area contributed by atoms with E-state index in [0.717, 1.165) is 42.6 Å². The number of hydrogen-bond acceptors (Lipinski definition) is 5. The van der Waals surface area contributed by atoms with Crippen molar-refractivity contribution >= 4 is 17.5 Å². The minimum atomic E-state index is -0.441. The smallest absolute Gasteiger partial charge is 0.192 e. The van der Waals surface area contributed by atoms with Gasteiger partial charge in [-0.25, -0.2) is 0 Å². The first kappa shape index (κ1) is 16.5. The Balaban J connectivity index is 1.50. The molecule has 138 valence electrons. The molecule has 1 aromatic heterocycles. The number of aromatic nitrogens is 1. The van der Waals surface area contributed by atoms with E-state index < -0.39 is 5.60 Å². The Morgan fingerprint density at radius 2 is 2.12 bits per heavy atom. The van der Waals surface area contributed by atoms with Crippen LogP contribution < -0.4 is 5.32 Å². The second-order valence-electron chi connectivity index (χ2n) is 8.73. The number of pyridine rings is 1. The van der Waals surface area contributed by atoms with Gasteiger partial charge < -0.3 is 15.2 Å². The van der Waals surface area contributed by atoms with Crippen molar-refractivity contribution in [3.8, 4) is 0 Å². The van der Waals surface area contributed by atoms with E-state index in [-0.39, 0.29) is 12.4 Å². The van der Waals surface area contributed by atoms with E-state index in [9.17, 15) is 9.90 Å². The first-order valence-electron chi connectivity index (χ1n) is 9.76. The molecule has 3 unspecified atom stereocenters. The van der Waals surface area contributed by atoms with E-state index in [4.69, 9.17) is 4.74 Å². The van der Waals surface area contributed by atoms with E-state index in [2.05, 4.69) is 22.5 Å². The number of hydrogen-bond donors (Lipinski definition) is 2. The summed E-state index contributed by atoms with van der Waals surface area (Å²) in [6, 6.07) is 0.335. The number of nitrogens with one attached hydrogen (secondary N) is 1. The monoisotopic (exact) mass is 354 g/mol. The van der Waals surface area contributed by atoms with Crippen LogP contribution in [0.3, 0.4) is 0 Å². The molecule has 5 aliphatic rings. The second-order valence-corrected chi connectivity index (χ2v) is 8.73. The highest BCUT2D eigenvalue weighted by Gasteiger charge is 2.54. The zero-order valence-electron chi connectivity index (χ0n) is 15.2. The molecule has 2 N–H and O–H groups in total. The zero-order chi connectivity index (χ0) is 17.9. The summed E-state index contributed by atoms with van der Waals surface area (Å²) in [6.07, 6.45) is 11.9. The van der Waals surface area contributed by atoms with Crippen molar-refractivity contribution in [2.45, 2.75) is 50.2 Å². The number of fused-ring (bicyclic) bond motifs is 1. The summed E-state index contributed by atoms with van der Waals surface area (Å²) in [5, 5.41) is 14.6. The maximum Gasteiger partial charge on any atom is 0.192 e. The number of rotatable bonds is 5. The fourth-order valence-electron chi connectivity index (χ4n) is 6.16. The molecule has 26 heavy (non-hydrogen) atoms. The normalized spacial score (nSPS) is 36.4.